The molecule has 2 amide bonds. The van der Waals surface area contributed by atoms with E-state index in [1.807, 2.05) is 18.2 Å². The summed E-state index contributed by atoms with van der Waals surface area (Å²) in [6.07, 6.45) is 7.58. The molecule has 0 spiro atoms. The maximum atomic E-state index is 14.8. The highest BCUT2D eigenvalue weighted by molar-refractivity contribution is 7.87. The van der Waals surface area contributed by atoms with E-state index in [0.29, 0.717) is 18.5 Å². The van der Waals surface area contributed by atoms with Gasteiger partial charge in [0, 0.05) is 73.8 Å². The van der Waals surface area contributed by atoms with E-state index in [1.165, 1.54) is 44.5 Å². The highest BCUT2D eigenvalue weighted by Gasteiger charge is 2.65. The van der Waals surface area contributed by atoms with Crippen LogP contribution >= 0.6 is 0 Å². The molecular weight excluding hydrogens is 602 g/mol. The lowest BCUT2D eigenvalue weighted by atomic mass is 9.81. The fourth-order valence-electron chi connectivity index (χ4n) is 9.09. The van der Waals surface area contributed by atoms with Crippen LogP contribution in [-0.4, -0.2) is 92.3 Å². The van der Waals surface area contributed by atoms with Gasteiger partial charge in [-0.1, -0.05) is 25.3 Å². The zero-order valence-electron chi connectivity index (χ0n) is 27.1. The molecule has 2 aromatic carbocycles. The van der Waals surface area contributed by atoms with Gasteiger partial charge in [0.15, 0.2) is 0 Å². The van der Waals surface area contributed by atoms with E-state index in [2.05, 4.69) is 38.3 Å². The number of carbonyl (C=O) groups excluding carboxylic acids is 2. The highest BCUT2D eigenvalue weighted by Crippen LogP contribution is 2.66. The molecule has 2 bridgehead atoms. The van der Waals surface area contributed by atoms with E-state index in [4.69, 9.17) is 4.74 Å². The number of benzene rings is 2. The molecule has 2 saturated heterocycles. The number of rotatable bonds is 6. The lowest BCUT2D eigenvalue weighted by Crippen LogP contribution is -2.50. The average Bonchev–Trinajstić information content (AvgIpc) is 3.29. The first kappa shape index (κ1) is 30.0. The first-order valence-electron chi connectivity index (χ1n) is 16.6. The molecule has 2 unspecified atom stereocenters. The van der Waals surface area contributed by atoms with E-state index in [0.717, 1.165) is 71.0 Å². The number of nitrogens with zero attached hydrogens (tertiary/aromatic N) is 4. The second-order valence-corrected chi connectivity index (χ2v) is 16.3. The third-order valence-electron chi connectivity index (χ3n) is 11.7. The van der Waals surface area contributed by atoms with Gasteiger partial charge in [-0.2, -0.15) is 12.7 Å². The van der Waals surface area contributed by atoms with E-state index < -0.39 is 21.5 Å². The zero-order chi connectivity index (χ0) is 32.1. The number of aromatic nitrogens is 1. The topological polar surface area (TPSA) is 104 Å². The fraction of sp³-hybridized carbons (Fsp3) is 0.543. The summed E-state index contributed by atoms with van der Waals surface area (Å²) in [5, 5.41) is 1.08. The first-order chi connectivity index (χ1) is 22.0. The quantitative estimate of drug-likeness (QED) is 0.429. The Labute approximate surface area is 270 Å². The molecule has 4 atom stereocenters. The van der Waals surface area contributed by atoms with Crippen molar-refractivity contribution in [1.29, 1.82) is 0 Å². The van der Waals surface area contributed by atoms with E-state index in [-0.39, 0.29) is 23.4 Å². The number of likely N-dealkylation sites (N-methyl/N-ethyl adjacent to an activating group) is 1. The molecule has 4 heterocycles. The Kier molecular flexibility index (Phi) is 6.87. The Balaban J connectivity index is 1.32. The van der Waals surface area contributed by atoms with Crippen molar-refractivity contribution in [3.8, 4) is 17.0 Å². The fourth-order valence-corrected chi connectivity index (χ4v) is 9.62. The molecule has 5 aliphatic rings. The predicted molar refractivity (Wildman–Crippen MR) is 176 cm³/mol. The van der Waals surface area contributed by atoms with Gasteiger partial charge in [0.2, 0.25) is 5.91 Å². The summed E-state index contributed by atoms with van der Waals surface area (Å²) in [4.78, 5) is 32.6. The normalized spacial score (nSPS) is 27.3. The number of carbonyl (C=O) groups is 2. The van der Waals surface area contributed by atoms with Crippen LogP contribution in [0.3, 0.4) is 0 Å². The number of amides is 2. The van der Waals surface area contributed by atoms with Crippen LogP contribution in [0, 0.1) is 5.41 Å². The summed E-state index contributed by atoms with van der Waals surface area (Å²) in [5.41, 5.74) is 5.31. The number of nitrogens with one attached hydrogen (secondary N) is 1. The van der Waals surface area contributed by atoms with Crippen molar-refractivity contribution >= 4 is 32.9 Å². The number of methoxy groups -OCH3 is 1. The van der Waals surface area contributed by atoms with E-state index >= 15 is 0 Å². The van der Waals surface area contributed by atoms with Gasteiger partial charge in [-0.15, -0.1) is 0 Å². The number of hydrogen-bond acceptors (Lipinski definition) is 6. The Morgan fingerprint density at radius 3 is 2.48 bits per heavy atom. The molecule has 3 aromatic rings. The largest absolute Gasteiger partial charge is 0.497 e. The van der Waals surface area contributed by atoms with Gasteiger partial charge in [-0.25, -0.2) is 4.72 Å². The molecule has 3 aliphatic heterocycles. The SMILES string of the molecule is COc1ccc2c(c1)[C@@H]1C[C@]1(C(=O)N1CC3CC1CN3C)Cn1c-2c(C2CCCCC2)c2ccc(C(=O)NS(=O)(=O)N(C)C)cc21. The summed E-state index contributed by atoms with van der Waals surface area (Å²) in [6, 6.07) is 12.6. The second kappa shape index (κ2) is 10.6. The third kappa shape index (κ3) is 4.45. The van der Waals surface area contributed by atoms with E-state index in [1.54, 1.807) is 13.2 Å². The molecule has 46 heavy (non-hydrogen) atoms. The van der Waals surface area contributed by atoms with Crippen LogP contribution in [0.25, 0.3) is 22.2 Å². The lowest BCUT2D eigenvalue weighted by Gasteiger charge is -2.35. The maximum absolute atomic E-state index is 14.8. The van der Waals surface area contributed by atoms with Gasteiger partial charge in [0.1, 0.15) is 5.75 Å². The summed E-state index contributed by atoms with van der Waals surface area (Å²) in [5.74, 6) is 0.803. The standard InChI is InChI=1S/C35H43N5O5S/c1-37(2)46(43,44)36-33(41)22-10-12-27-30(14-22)40-20-35(34(42)39-19-23-15-24(39)18-38(23)3)17-29(35)28-16-25(45-4)11-13-26(28)32(40)31(27)21-8-6-5-7-9-21/h10-14,16,21,23-24,29H,5-9,15,17-20H2,1-4H3,(H,36,41)/t23?,24?,29-,35-/m0/s1. The van der Waals surface area contributed by atoms with Crippen LogP contribution in [0.4, 0.5) is 0 Å². The number of hydrogen-bond donors (Lipinski definition) is 1. The first-order valence-corrected chi connectivity index (χ1v) is 18.1. The van der Waals surface area contributed by atoms with Crippen molar-refractivity contribution in [2.45, 2.75) is 75.4 Å². The monoisotopic (exact) mass is 645 g/mol. The maximum Gasteiger partial charge on any atom is 0.303 e. The molecule has 10 nitrogen and oxygen atoms in total. The van der Waals surface area contributed by atoms with Gasteiger partial charge in [-0.05, 0) is 80.1 Å². The van der Waals surface area contributed by atoms with Crippen molar-refractivity contribution in [3.05, 3.63) is 53.1 Å². The second-order valence-electron chi connectivity index (χ2n) is 14.4. The molecule has 2 aliphatic carbocycles. The third-order valence-corrected chi connectivity index (χ3v) is 13.1. The number of piperazine rings is 1. The Morgan fingerprint density at radius 1 is 1.02 bits per heavy atom. The van der Waals surface area contributed by atoms with Crippen molar-refractivity contribution in [2.75, 3.05) is 41.3 Å². The van der Waals surface area contributed by atoms with Crippen LogP contribution in [-0.2, 0) is 21.5 Å². The smallest absolute Gasteiger partial charge is 0.303 e. The van der Waals surface area contributed by atoms with Crippen molar-refractivity contribution in [1.82, 2.24) is 23.4 Å². The van der Waals surface area contributed by atoms with Crippen LogP contribution in [0.15, 0.2) is 36.4 Å². The van der Waals surface area contributed by atoms with Crippen LogP contribution in [0.2, 0.25) is 0 Å². The summed E-state index contributed by atoms with van der Waals surface area (Å²) in [6.45, 7) is 2.22. The molecule has 244 valence electrons. The molecule has 1 aromatic heterocycles. The van der Waals surface area contributed by atoms with Gasteiger partial charge < -0.3 is 14.2 Å². The minimum Gasteiger partial charge on any atom is -0.497 e. The Morgan fingerprint density at radius 2 is 1.80 bits per heavy atom. The molecule has 11 heteroatoms. The van der Waals surface area contributed by atoms with Crippen molar-refractivity contribution in [2.24, 2.45) is 5.41 Å². The summed E-state index contributed by atoms with van der Waals surface area (Å²) >= 11 is 0. The van der Waals surface area contributed by atoms with Gasteiger partial charge >= 0.3 is 10.2 Å². The molecule has 1 N–H and O–H groups in total. The zero-order valence-corrected chi connectivity index (χ0v) is 27.9. The van der Waals surface area contributed by atoms with Gasteiger partial charge in [0.25, 0.3) is 5.91 Å². The lowest BCUT2D eigenvalue weighted by molar-refractivity contribution is -0.140. The van der Waals surface area contributed by atoms with Gasteiger partial charge in [-0.3, -0.25) is 14.5 Å². The van der Waals surface area contributed by atoms with Crippen LogP contribution < -0.4 is 9.46 Å². The number of ether oxygens (including phenoxy) is 1. The highest BCUT2D eigenvalue weighted by atomic mass is 32.2. The Bertz CT molecular complexity index is 1880. The molecule has 2 saturated carbocycles. The van der Waals surface area contributed by atoms with Gasteiger partial charge in [0.05, 0.1) is 18.2 Å². The molecule has 8 rings (SSSR count). The minimum atomic E-state index is -3.96. The number of likely N-dealkylation sites (tertiary alicyclic amines) is 2. The van der Waals surface area contributed by atoms with Crippen LogP contribution in [0.5, 0.6) is 5.75 Å². The average molecular weight is 646 g/mol. The number of fused-ring (bicyclic) bond motifs is 9. The predicted octanol–water partition coefficient (Wildman–Crippen LogP) is 4.30. The summed E-state index contributed by atoms with van der Waals surface area (Å²) in [7, 11) is 2.66. The molecular formula is C35H43N5O5S. The molecule has 0 radical (unpaired) electrons. The van der Waals surface area contributed by atoms with Crippen LogP contribution in [0.1, 0.15) is 78.3 Å². The molecule has 4 fully saturated rings. The Hall–Kier alpha value is -3.41. The van der Waals surface area contributed by atoms with Crippen molar-refractivity contribution < 1.29 is 22.7 Å². The van der Waals surface area contributed by atoms with Crippen molar-refractivity contribution in [3.63, 3.8) is 0 Å². The minimum absolute atomic E-state index is 0.0767. The summed E-state index contributed by atoms with van der Waals surface area (Å²) < 4.78 is 36.3. The van der Waals surface area contributed by atoms with E-state index in [9.17, 15) is 18.0 Å².